The molecule has 76 valence electrons. The van der Waals surface area contributed by atoms with Gasteiger partial charge in [-0.1, -0.05) is 0 Å². The molecular formula is C10H19NO2. The van der Waals surface area contributed by atoms with E-state index >= 15 is 0 Å². The van der Waals surface area contributed by atoms with E-state index in [0.717, 1.165) is 13.1 Å². The maximum atomic E-state index is 9.76. The highest BCUT2D eigenvalue weighted by Crippen LogP contribution is 2.59. The maximum Gasteiger partial charge on any atom is 0.0807 e. The maximum absolute atomic E-state index is 9.76. The normalized spacial score (nSPS) is 33.2. The molecule has 2 N–H and O–H groups in total. The minimum absolute atomic E-state index is 0.233. The number of aliphatic hydroxyl groups excluding tert-OH is 1. The molecule has 1 saturated carbocycles. The van der Waals surface area contributed by atoms with Gasteiger partial charge in [0.2, 0.25) is 0 Å². The van der Waals surface area contributed by atoms with E-state index in [1.165, 1.54) is 19.3 Å². The van der Waals surface area contributed by atoms with Crippen LogP contribution in [0.4, 0.5) is 0 Å². The van der Waals surface area contributed by atoms with Crippen LogP contribution in [0.15, 0.2) is 0 Å². The van der Waals surface area contributed by atoms with Crippen molar-refractivity contribution in [1.82, 2.24) is 5.32 Å². The van der Waals surface area contributed by atoms with E-state index in [1.54, 1.807) is 7.11 Å². The van der Waals surface area contributed by atoms with Gasteiger partial charge in [0.15, 0.2) is 0 Å². The lowest BCUT2D eigenvalue weighted by molar-refractivity contribution is 0.0379. The molecule has 0 aromatic heterocycles. The van der Waals surface area contributed by atoms with Gasteiger partial charge in [0.05, 0.1) is 12.7 Å². The van der Waals surface area contributed by atoms with Gasteiger partial charge in [0.1, 0.15) is 0 Å². The van der Waals surface area contributed by atoms with Gasteiger partial charge >= 0.3 is 0 Å². The van der Waals surface area contributed by atoms with Crippen molar-refractivity contribution in [3.05, 3.63) is 0 Å². The highest BCUT2D eigenvalue weighted by molar-refractivity contribution is 5.06. The molecule has 0 bridgehead atoms. The molecule has 2 aliphatic rings. The van der Waals surface area contributed by atoms with Gasteiger partial charge in [-0.15, -0.1) is 0 Å². The van der Waals surface area contributed by atoms with Crippen LogP contribution in [0.25, 0.3) is 0 Å². The van der Waals surface area contributed by atoms with Gasteiger partial charge in [0.25, 0.3) is 0 Å². The van der Waals surface area contributed by atoms with Crippen LogP contribution in [0, 0.1) is 11.3 Å². The third kappa shape index (κ3) is 1.73. The molecule has 1 aliphatic heterocycles. The van der Waals surface area contributed by atoms with Gasteiger partial charge in [-0.25, -0.2) is 0 Å². The zero-order valence-corrected chi connectivity index (χ0v) is 8.25. The highest BCUT2D eigenvalue weighted by atomic mass is 16.5. The van der Waals surface area contributed by atoms with Gasteiger partial charge in [-0.3, -0.25) is 0 Å². The molecule has 2 unspecified atom stereocenters. The van der Waals surface area contributed by atoms with Crippen LogP contribution < -0.4 is 5.32 Å². The molecule has 0 aromatic rings. The SMILES string of the molecule is COCC(O)C1CC12CCNCC2. The second-order valence-corrected chi connectivity index (χ2v) is 4.45. The first kappa shape index (κ1) is 9.44. The number of hydrogen-bond donors (Lipinski definition) is 2. The lowest BCUT2D eigenvalue weighted by Gasteiger charge is -2.24. The Bertz CT molecular complexity index is 178. The summed E-state index contributed by atoms with van der Waals surface area (Å²) >= 11 is 0. The van der Waals surface area contributed by atoms with Crippen LogP contribution in [0.5, 0.6) is 0 Å². The fourth-order valence-electron chi connectivity index (χ4n) is 2.71. The monoisotopic (exact) mass is 185 g/mol. The third-order valence-corrected chi connectivity index (χ3v) is 3.65. The van der Waals surface area contributed by atoms with Crippen LogP contribution in [0.2, 0.25) is 0 Å². The Balaban J connectivity index is 1.84. The summed E-state index contributed by atoms with van der Waals surface area (Å²) in [5, 5.41) is 13.1. The van der Waals surface area contributed by atoms with E-state index in [4.69, 9.17) is 4.74 Å². The Hall–Kier alpha value is -0.120. The van der Waals surface area contributed by atoms with Crippen LogP contribution in [-0.2, 0) is 4.74 Å². The predicted molar refractivity (Wildman–Crippen MR) is 50.5 cm³/mol. The highest BCUT2D eigenvalue weighted by Gasteiger charge is 2.56. The number of methoxy groups -OCH3 is 1. The topological polar surface area (TPSA) is 41.5 Å². The van der Waals surface area contributed by atoms with Crippen molar-refractivity contribution in [2.75, 3.05) is 26.8 Å². The molecule has 1 aliphatic carbocycles. The smallest absolute Gasteiger partial charge is 0.0807 e. The summed E-state index contributed by atoms with van der Waals surface area (Å²) in [6, 6.07) is 0. The molecule has 3 heteroatoms. The third-order valence-electron chi connectivity index (χ3n) is 3.65. The second-order valence-electron chi connectivity index (χ2n) is 4.45. The van der Waals surface area contributed by atoms with E-state index in [-0.39, 0.29) is 6.10 Å². The van der Waals surface area contributed by atoms with Gasteiger partial charge in [-0.2, -0.15) is 0 Å². The van der Waals surface area contributed by atoms with Gasteiger partial charge in [-0.05, 0) is 43.7 Å². The summed E-state index contributed by atoms with van der Waals surface area (Å²) in [4.78, 5) is 0. The molecule has 1 saturated heterocycles. The van der Waals surface area contributed by atoms with E-state index in [1.807, 2.05) is 0 Å². The number of ether oxygens (including phenoxy) is 1. The Morgan fingerprint density at radius 1 is 1.54 bits per heavy atom. The van der Waals surface area contributed by atoms with Crippen molar-refractivity contribution in [3.63, 3.8) is 0 Å². The van der Waals surface area contributed by atoms with Crippen LogP contribution in [-0.4, -0.2) is 38.0 Å². The Morgan fingerprint density at radius 2 is 2.23 bits per heavy atom. The molecule has 3 nitrogen and oxygen atoms in total. The predicted octanol–water partition coefficient (Wildman–Crippen LogP) is 0.383. The van der Waals surface area contributed by atoms with Crippen molar-refractivity contribution in [1.29, 1.82) is 0 Å². The molecule has 0 aromatic carbocycles. The summed E-state index contributed by atoms with van der Waals surface area (Å²) in [5.41, 5.74) is 0.475. The molecule has 0 amide bonds. The molecule has 2 rings (SSSR count). The summed E-state index contributed by atoms with van der Waals surface area (Å²) in [6.07, 6.45) is 3.44. The average molecular weight is 185 g/mol. The van der Waals surface area contributed by atoms with Crippen molar-refractivity contribution < 1.29 is 9.84 Å². The average Bonchev–Trinajstić information content (AvgIpc) is 2.81. The largest absolute Gasteiger partial charge is 0.390 e. The lowest BCUT2D eigenvalue weighted by Crippen LogP contribution is -2.32. The fraction of sp³-hybridized carbons (Fsp3) is 1.00. The molecule has 1 heterocycles. The summed E-state index contributed by atoms with van der Waals surface area (Å²) in [5.74, 6) is 0.509. The van der Waals surface area contributed by atoms with Crippen molar-refractivity contribution >= 4 is 0 Å². The molecule has 2 atom stereocenters. The zero-order chi connectivity index (χ0) is 9.31. The standard InChI is InChI=1S/C10H19NO2/c1-13-7-9(12)8-6-10(8)2-4-11-5-3-10/h8-9,11-12H,2-7H2,1H3. The van der Waals surface area contributed by atoms with Crippen molar-refractivity contribution in [2.24, 2.45) is 11.3 Å². The van der Waals surface area contributed by atoms with Crippen LogP contribution in [0.1, 0.15) is 19.3 Å². The minimum Gasteiger partial charge on any atom is -0.390 e. The van der Waals surface area contributed by atoms with Gasteiger partial charge < -0.3 is 15.2 Å². The number of rotatable bonds is 3. The first-order chi connectivity index (χ1) is 6.28. The fourth-order valence-corrected chi connectivity index (χ4v) is 2.71. The van der Waals surface area contributed by atoms with Crippen molar-refractivity contribution in [2.45, 2.75) is 25.4 Å². The minimum atomic E-state index is -0.233. The molecular weight excluding hydrogens is 166 g/mol. The quantitative estimate of drug-likeness (QED) is 0.668. The molecule has 0 radical (unpaired) electrons. The molecule has 1 spiro atoms. The van der Waals surface area contributed by atoms with Crippen LogP contribution >= 0.6 is 0 Å². The van der Waals surface area contributed by atoms with E-state index in [0.29, 0.717) is 17.9 Å². The first-order valence-corrected chi connectivity index (χ1v) is 5.16. The number of piperidine rings is 1. The molecule has 2 fully saturated rings. The number of hydrogen-bond acceptors (Lipinski definition) is 3. The Morgan fingerprint density at radius 3 is 2.85 bits per heavy atom. The molecule has 13 heavy (non-hydrogen) atoms. The Labute approximate surface area is 79.5 Å². The number of aliphatic hydroxyl groups is 1. The van der Waals surface area contributed by atoms with Crippen molar-refractivity contribution in [3.8, 4) is 0 Å². The summed E-state index contributed by atoms with van der Waals surface area (Å²) < 4.78 is 4.97. The van der Waals surface area contributed by atoms with Crippen LogP contribution in [0.3, 0.4) is 0 Å². The lowest BCUT2D eigenvalue weighted by atomic mass is 9.90. The van der Waals surface area contributed by atoms with E-state index in [2.05, 4.69) is 5.32 Å². The first-order valence-electron chi connectivity index (χ1n) is 5.16. The summed E-state index contributed by atoms with van der Waals surface area (Å²) in [7, 11) is 1.65. The van der Waals surface area contributed by atoms with Gasteiger partial charge in [0, 0.05) is 7.11 Å². The number of nitrogens with one attached hydrogen (secondary N) is 1. The zero-order valence-electron chi connectivity index (χ0n) is 8.25. The second kappa shape index (κ2) is 3.56. The Kier molecular flexibility index (Phi) is 2.58. The van der Waals surface area contributed by atoms with E-state index < -0.39 is 0 Å². The summed E-state index contributed by atoms with van der Waals surface area (Å²) in [6.45, 7) is 2.74. The van der Waals surface area contributed by atoms with E-state index in [9.17, 15) is 5.11 Å².